The first-order valence-corrected chi connectivity index (χ1v) is 8.11. The Morgan fingerprint density at radius 1 is 1.16 bits per heavy atom. The van der Waals surface area contributed by atoms with E-state index in [9.17, 15) is 8.42 Å². The molecule has 4 nitrogen and oxygen atoms in total. The highest BCUT2D eigenvalue weighted by atomic mass is 35.5. The molecule has 0 bridgehead atoms. The third-order valence-electron chi connectivity index (χ3n) is 2.90. The van der Waals surface area contributed by atoms with E-state index in [1.807, 2.05) is 13.8 Å². The number of hydrogen-bond donors (Lipinski definition) is 0. The Hall–Kier alpha value is -0.330. The maximum Gasteiger partial charge on any atom is 0.246 e. The van der Waals surface area contributed by atoms with Crippen LogP contribution in [0.25, 0.3) is 0 Å². The molecule has 0 aliphatic carbocycles. The molecular formula is C12H15Cl2NO3S. The maximum atomic E-state index is 12.6. The van der Waals surface area contributed by atoms with Gasteiger partial charge in [0, 0.05) is 13.1 Å². The SMILES string of the molecule is CC1CN(S(=O)(=O)c2c(Cl)cccc2Cl)CC(C)O1. The van der Waals surface area contributed by atoms with Crippen LogP contribution in [-0.4, -0.2) is 38.0 Å². The van der Waals surface area contributed by atoms with Gasteiger partial charge < -0.3 is 4.74 Å². The number of ether oxygens (including phenoxy) is 1. The van der Waals surface area contributed by atoms with Gasteiger partial charge in [0.15, 0.2) is 0 Å². The van der Waals surface area contributed by atoms with Crippen molar-refractivity contribution in [2.45, 2.75) is 31.0 Å². The average molecular weight is 324 g/mol. The van der Waals surface area contributed by atoms with Crippen LogP contribution in [0.2, 0.25) is 10.0 Å². The first-order valence-electron chi connectivity index (χ1n) is 5.92. The molecule has 1 aliphatic rings. The van der Waals surface area contributed by atoms with Crippen molar-refractivity contribution in [2.24, 2.45) is 0 Å². The molecule has 1 aromatic rings. The van der Waals surface area contributed by atoms with Gasteiger partial charge in [0.2, 0.25) is 10.0 Å². The van der Waals surface area contributed by atoms with Gasteiger partial charge in [-0.3, -0.25) is 0 Å². The first-order chi connectivity index (χ1) is 8.82. The highest BCUT2D eigenvalue weighted by molar-refractivity contribution is 7.89. The van der Waals surface area contributed by atoms with E-state index in [1.54, 1.807) is 6.07 Å². The van der Waals surface area contributed by atoms with Crippen molar-refractivity contribution in [3.8, 4) is 0 Å². The van der Waals surface area contributed by atoms with Gasteiger partial charge >= 0.3 is 0 Å². The predicted molar refractivity (Wildman–Crippen MR) is 75.2 cm³/mol. The lowest BCUT2D eigenvalue weighted by molar-refractivity contribution is -0.0440. The molecule has 1 aliphatic heterocycles. The van der Waals surface area contributed by atoms with Crippen LogP contribution in [0.15, 0.2) is 23.1 Å². The number of halogens is 2. The Morgan fingerprint density at radius 3 is 2.11 bits per heavy atom. The molecule has 0 aromatic heterocycles. The third kappa shape index (κ3) is 3.06. The summed E-state index contributed by atoms with van der Waals surface area (Å²) in [6.07, 6.45) is -0.306. The molecule has 2 atom stereocenters. The van der Waals surface area contributed by atoms with Crippen LogP contribution in [0.5, 0.6) is 0 Å². The van der Waals surface area contributed by atoms with Crippen LogP contribution in [-0.2, 0) is 14.8 Å². The molecule has 0 radical (unpaired) electrons. The number of morpholine rings is 1. The van der Waals surface area contributed by atoms with Crippen LogP contribution in [0, 0.1) is 0 Å². The van der Waals surface area contributed by atoms with Crippen LogP contribution >= 0.6 is 23.2 Å². The molecule has 1 heterocycles. The van der Waals surface area contributed by atoms with Crippen molar-refractivity contribution in [2.75, 3.05) is 13.1 Å². The minimum Gasteiger partial charge on any atom is -0.373 e. The summed E-state index contributed by atoms with van der Waals surface area (Å²) < 4.78 is 32.2. The zero-order chi connectivity index (χ0) is 14.2. The smallest absolute Gasteiger partial charge is 0.246 e. The van der Waals surface area contributed by atoms with Gasteiger partial charge in [-0.15, -0.1) is 0 Å². The molecule has 2 unspecified atom stereocenters. The molecule has 1 fully saturated rings. The van der Waals surface area contributed by atoms with Gasteiger partial charge in [-0.05, 0) is 26.0 Å². The van der Waals surface area contributed by atoms with Gasteiger partial charge in [-0.2, -0.15) is 4.31 Å². The lowest BCUT2D eigenvalue weighted by atomic mass is 10.3. The third-order valence-corrected chi connectivity index (χ3v) is 5.69. The number of hydrogen-bond acceptors (Lipinski definition) is 3. The summed E-state index contributed by atoms with van der Waals surface area (Å²) in [5.41, 5.74) is 0. The number of sulfonamides is 1. The van der Waals surface area contributed by atoms with E-state index in [0.717, 1.165) is 0 Å². The molecule has 7 heteroatoms. The molecule has 2 rings (SSSR count). The Morgan fingerprint density at radius 2 is 1.63 bits per heavy atom. The summed E-state index contributed by atoms with van der Waals surface area (Å²) in [5.74, 6) is 0. The second-order valence-electron chi connectivity index (χ2n) is 4.63. The fourth-order valence-electron chi connectivity index (χ4n) is 2.19. The summed E-state index contributed by atoms with van der Waals surface area (Å²) >= 11 is 12.0. The molecule has 0 amide bonds. The number of benzene rings is 1. The van der Waals surface area contributed by atoms with E-state index in [2.05, 4.69) is 0 Å². The molecule has 106 valence electrons. The minimum atomic E-state index is -3.70. The Kier molecular flexibility index (Phi) is 4.42. The molecule has 1 saturated heterocycles. The van der Waals surface area contributed by atoms with Crippen molar-refractivity contribution in [1.82, 2.24) is 4.31 Å². The highest BCUT2D eigenvalue weighted by Gasteiger charge is 2.34. The van der Waals surface area contributed by atoms with Crippen molar-refractivity contribution in [3.05, 3.63) is 28.2 Å². The summed E-state index contributed by atoms with van der Waals surface area (Å²) in [7, 11) is -3.70. The Bertz CT molecular complexity index is 546. The number of nitrogens with zero attached hydrogens (tertiary/aromatic N) is 1. The van der Waals surface area contributed by atoms with E-state index in [-0.39, 0.29) is 27.1 Å². The lowest BCUT2D eigenvalue weighted by Crippen LogP contribution is -2.48. The Balaban J connectivity index is 2.42. The zero-order valence-corrected chi connectivity index (χ0v) is 13.0. The lowest BCUT2D eigenvalue weighted by Gasteiger charge is -2.34. The molecule has 0 saturated carbocycles. The molecular weight excluding hydrogens is 309 g/mol. The van der Waals surface area contributed by atoms with Gasteiger partial charge in [0.1, 0.15) is 4.90 Å². The molecule has 1 aromatic carbocycles. The van der Waals surface area contributed by atoms with Crippen molar-refractivity contribution in [1.29, 1.82) is 0 Å². The van der Waals surface area contributed by atoms with E-state index in [0.29, 0.717) is 13.1 Å². The topological polar surface area (TPSA) is 46.6 Å². The van der Waals surface area contributed by atoms with Gasteiger partial charge in [-0.1, -0.05) is 29.3 Å². The Labute approximate surface area is 123 Å². The second kappa shape index (κ2) is 5.58. The van der Waals surface area contributed by atoms with Crippen LogP contribution in [0.1, 0.15) is 13.8 Å². The molecule has 0 N–H and O–H groups in total. The summed E-state index contributed by atoms with van der Waals surface area (Å²) in [4.78, 5) is -0.0281. The van der Waals surface area contributed by atoms with Gasteiger partial charge in [-0.25, -0.2) is 8.42 Å². The minimum absolute atomic E-state index is 0.0281. The van der Waals surface area contributed by atoms with E-state index < -0.39 is 10.0 Å². The monoisotopic (exact) mass is 323 g/mol. The maximum absolute atomic E-state index is 12.6. The largest absolute Gasteiger partial charge is 0.373 e. The highest BCUT2D eigenvalue weighted by Crippen LogP contribution is 2.32. The standard InChI is InChI=1S/C12H15Cl2NO3S/c1-8-6-15(7-9(2)18-8)19(16,17)12-10(13)4-3-5-11(12)14/h3-5,8-9H,6-7H2,1-2H3. The van der Waals surface area contributed by atoms with E-state index >= 15 is 0 Å². The summed E-state index contributed by atoms with van der Waals surface area (Å²) in [5, 5.41) is 0.276. The van der Waals surface area contributed by atoms with Crippen LogP contribution in [0.4, 0.5) is 0 Å². The molecule has 0 spiro atoms. The fourth-order valence-corrected chi connectivity index (χ4v) is 4.87. The number of rotatable bonds is 2. The second-order valence-corrected chi connectivity index (χ2v) is 7.32. The van der Waals surface area contributed by atoms with Crippen molar-refractivity contribution in [3.63, 3.8) is 0 Å². The van der Waals surface area contributed by atoms with Gasteiger partial charge in [0.25, 0.3) is 0 Å². The average Bonchev–Trinajstić information content (AvgIpc) is 2.26. The summed E-state index contributed by atoms with van der Waals surface area (Å²) in [6, 6.07) is 4.66. The van der Waals surface area contributed by atoms with Gasteiger partial charge in [0.05, 0.1) is 22.3 Å². The van der Waals surface area contributed by atoms with E-state index in [1.165, 1.54) is 16.4 Å². The zero-order valence-electron chi connectivity index (χ0n) is 10.6. The van der Waals surface area contributed by atoms with Crippen molar-refractivity contribution < 1.29 is 13.2 Å². The van der Waals surface area contributed by atoms with E-state index in [4.69, 9.17) is 27.9 Å². The normalized spacial score (nSPS) is 25.5. The fraction of sp³-hybridized carbons (Fsp3) is 0.500. The quantitative estimate of drug-likeness (QED) is 0.840. The van der Waals surface area contributed by atoms with Crippen LogP contribution in [0.3, 0.4) is 0 Å². The molecule has 19 heavy (non-hydrogen) atoms. The van der Waals surface area contributed by atoms with Crippen molar-refractivity contribution >= 4 is 33.2 Å². The first kappa shape index (κ1) is 15.1. The van der Waals surface area contributed by atoms with Crippen LogP contribution < -0.4 is 0 Å². The predicted octanol–water partition coefficient (Wildman–Crippen LogP) is 2.79. The summed E-state index contributed by atoms with van der Waals surface area (Å²) in [6.45, 7) is 4.28.